The van der Waals surface area contributed by atoms with Crippen molar-refractivity contribution in [1.29, 1.82) is 5.26 Å². The molecule has 4 rings (SSSR count). The third kappa shape index (κ3) is 4.31. The van der Waals surface area contributed by atoms with E-state index in [4.69, 9.17) is 6.57 Å². The number of aromatic nitrogens is 1. The SMILES string of the molecule is [C-]#[N+]c1c(C(C)C)cc(C2=NC(=O)c3c(-c4cc(C(C)C)c(C#N)c(C(C)C)c4)[nH]c(O)c32)cc1C(C)C. The van der Waals surface area contributed by atoms with Crippen molar-refractivity contribution >= 4 is 17.3 Å². The predicted molar refractivity (Wildman–Crippen MR) is 152 cm³/mol. The highest BCUT2D eigenvalue weighted by atomic mass is 16.3. The van der Waals surface area contributed by atoms with Crippen molar-refractivity contribution in [2.24, 2.45) is 4.99 Å². The molecule has 2 heterocycles. The number of benzene rings is 2. The summed E-state index contributed by atoms with van der Waals surface area (Å²) in [7, 11) is 0. The number of amides is 1. The van der Waals surface area contributed by atoms with Gasteiger partial charge in [0.1, 0.15) is 0 Å². The summed E-state index contributed by atoms with van der Waals surface area (Å²) in [5.74, 6) is -0.127. The molecule has 1 aliphatic rings. The highest BCUT2D eigenvalue weighted by molar-refractivity contribution is 6.30. The fourth-order valence-corrected chi connectivity index (χ4v) is 5.27. The molecule has 0 bridgehead atoms. The number of hydrogen-bond acceptors (Lipinski definition) is 3. The number of nitrogens with one attached hydrogen (secondary N) is 1. The minimum atomic E-state index is -0.422. The molecule has 0 radical (unpaired) electrons. The molecule has 0 fully saturated rings. The second-order valence-electron chi connectivity index (χ2n) is 11.2. The summed E-state index contributed by atoms with van der Waals surface area (Å²) in [5.41, 5.74) is 7.99. The molecule has 2 N–H and O–H groups in total. The molecule has 1 aromatic heterocycles. The lowest BCUT2D eigenvalue weighted by Crippen LogP contribution is -2.05. The smallest absolute Gasteiger partial charge is 0.280 e. The second kappa shape index (κ2) is 9.95. The van der Waals surface area contributed by atoms with Crippen LogP contribution in [-0.2, 0) is 0 Å². The maximum atomic E-state index is 13.4. The average Bonchev–Trinajstić information content (AvgIpc) is 3.39. The van der Waals surface area contributed by atoms with Gasteiger partial charge in [-0.05, 0) is 69.2 Å². The molecule has 0 spiro atoms. The van der Waals surface area contributed by atoms with Crippen molar-refractivity contribution < 1.29 is 9.90 Å². The molecule has 0 aliphatic carbocycles. The fraction of sp³-hybridized carbons (Fsp3) is 0.375. The van der Waals surface area contributed by atoms with Gasteiger partial charge in [-0.3, -0.25) is 4.79 Å². The lowest BCUT2D eigenvalue weighted by atomic mass is 9.86. The van der Waals surface area contributed by atoms with Crippen LogP contribution >= 0.6 is 0 Å². The van der Waals surface area contributed by atoms with Gasteiger partial charge in [-0.15, -0.1) is 0 Å². The first-order valence-corrected chi connectivity index (χ1v) is 13.1. The highest BCUT2D eigenvalue weighted by Gasteiger charge is 2.35. The average molecular weight is 507 g/mol. The Kier molecular flexibility index (Phi) is 7.04. The molecular formula is C32H34N4O2. The van der Waals surface area contributed by atoms with E-state index in [2.05, 4.69) is 20.9 Å². The number of nitriles is 1. The van der Waals surface area contributed by atoms with E-state index in [1.165, 1.54) is 0 Å². The molecular weight excluding hydrogens is 472 g/mol. The maximum absolute atomic E-state index is 13.4. The van der Waals surface area contributed by atoms with Gasteiger partial charge in [0.25, 0.3) is 5.91 Å². The molecule has 0 saturated heterocycles. The molecule has 6 nitrogen and oxygen atoms in total. The Morgan fingerprint density at radius 1 is 0.842 bits per heavy atom. The van der Waals surface area contributed by atoms with E-state index in [9.17, 15) is 15.2 Å². The highest BCUT2D eigenvalue weighted by Crippen LogP contribution is 2.43. The first-order chi connectivity index (χ1) is 17.9. The predicted octanol–water partition coefficient (Wildman–Crippen LogP) is 8.29. The van der Waals surface area contributed by atoms with Crippen LogP contribution in [-0.4, -0.2) is 21.7 Å². The number of H-pyrrole nitrogens is 1. The van der Waals surface area contributed by atoms with Gasteiger partial charge in [0.05, 0.1) is 40.7 Å². The number of hydrogen-bond donors (Lipinski definition) is 2. The van der Waals surface area contributed by atoms with Crippen molar-refractivity contribution in [2.45, 2.75) is 79.1 Å². The van der Waals surface area contributed by atoms with Gasteiger partial charge in [0, 0.05) is 0 Å². The summed E-state index contributed by atoms with van der Waals surface area (Å²) in [6.45, 7) is 24.1. The molecule has 38 heavy (non-hydrogen) atoms. The molecule has 0 unspecified atom stereocenters. The van der Waals surface area contributed by atoms with Crippen LogP contribution in [0.3, 0.4) is 0 Å². The van der Waals surface area contributed by atoms with Crippen LogP contribution in [0.5, 0.6) is 5.88 Å². The first-order valence-electron chi connectivity index (χ1n) is 13.1. The lowest BCUT2D eigenvalue weighted by molar-refractivity contribution is 0.101. The summed E-state index contributed by atoms with van der Waals surface area (Å²) < 4.78 is 0. The molecule has 0 atom stereocenters. The van der Waals surface area contributed by atoms with Crippen LogP contribution in [0.2, 0.25) is 0 Å². The monoisotopic (exact) mass is 506 g/mol. The minimum Gasteiger partial charge on any atom is -0.494 e. The van der Waals surface area contributed by atoms with Gasteiger partial charge < -0.3 is 10.1 Å². The standard InChI is InChI=1S/C32H34N4O2/c1-15(2)21-10-19(11-22(16(3)4)25(21)14-33)28-26-27(32(38)35-28)29(36-31(26)37)20-12-23(17(5)6)30(34-9)24(13-20)18(7)8/h10-13,15-18,35,38H,1-8H3. The van der Waals surface area contributed by atoms with E-state index in [0.29, 0.717) is 39.3 Å². The molecule has 0 saturated carbocycles. The van der Waals surface area contributed by atoms with Gasteiger partial charge in [-0.1, -0.05) is 67.5 Å². The Morgan fingerprint density at radius 2 is 1.32 bits per heavy atom. The zero-order valence-corrected chi connectivity index (χ0v) is 23.3. The normalized spacial score (nSPS) is 12.9. The number of carbonyl (C=O) groups excluding carboxylic acids is 1. The van der Waals surface area contributed by atoms with Crippen molar-refractivity contribution in [3.8, 4) is 23.2 Å². The van der Waals surface area contributed by atoms with E-state index < -0.39 is 5.91 Å². The molecule has 2 aromatic carbocycles. The summed E-state index contributed by atoms with van der Waals surface area (Å²) in [5, 5.41) is 21.0. The Balaban J connectivity index is 1.96. The van der Waals surface area contributed by atoms with E-state index in [1.54, 1.807) is 0 Å². The van der Waals surface area contributed by atoms with Crippen LogP contribution in [0.15, 0.2) is 29.3 Å². The Labute approximate surface area is 224 Å². The van der Waals surface area contributed by atoms with Gasteiger partial charge in [-0.25, -0.2) is 9.84 Å². The van der Waals surface area contributed by atoms with E-state index in [-0.39, 0.29) is 29.6 Å². The number of carbonyl (C=O) groups is 1. The third-order valence-corrected chi connectivity index (χ3v) is 7.29. The Hall–Kier alpha value is -4.16. The fourth-order valence-electron chi connectivity index (χ4n) is 5.27. The summed E-state index contributed by atoms with van der Waals surface area (Å²) in [4.78, 5) is 24.6. The largest absolute Gasteiger partial charge is 0.494 e. The minimum absolute atomic E-state index is 0.103. The van der Waals surface area contributed by atoms with Gasteiger partial charge in [-0.2, -0.15) is 5.26 Å². The number of aromatic hydroxyl groups is 1. The van der Waals surface area contributed by atoms with E-state index in [1.807, 2.05) is 79.7 Å². The molecule has 194 valence electrons. The summed E-state index contributed by atoms with van der Waals surface area (Å²) in [6, 6.07) is 10.1. The number of aromatic amines is 1. The molecule has 3 aromatic rings. The Morgan fingerprint density at radius 3 is 1.74 bits per heavy atom. The van der Waals surface area contributed by atoms with E-state index >= 15 is 0 Å². The van der Waals surface area contributed by atoms with Crippen LogP contribution < -0.4 is 0 Å². The number of rotatable bonds is 6. The number of nitrogens with zero attached hydrogens (tertiary/aromatic N) is 3. The summed E-state index contributed by atoms with van der Waals surface area (Å²) in [6.07, 6.45) is 0. The zero-order chi connectivity index (χ0) is 28.0. The van der Waals surface area contributed by atoms with Crippen molar-refractivity contribution in [3.05, 3.63) is 80.2 Å². The topological polar surface area (TPSA) is 93.6 Å². The van der Waals surface area contributed by atoms with Crippen molar-refractivity contribution in [1.82, 2.24) is 4.98 Å². The third-order valence-electron chi connectivity index (χ3n) is 7.29. The molecule has 1 aliphatic heterocycles. The second-order valence-corrected chi connectivity index (χ2v) is 11.2. The van der Waals surface area contributed by atoms with Gasteiger partial charge in [0.2, 0.25) is 0 Å². The molecule has 6 heteroatoms. The van der Waals surface area contributed by atoms with Crippen molar-refractivity contribution in [3.63, 3.8) is 0 Å². The van der Waals surface area contributed by atoms with Crippen LogP contribution in [0.1, 0.15) is 128 Å². The van der Waals surface area contributed by atoms with Crippen LogP contribution in [0, 0.1) is 17.9 Å². The first kappa shape index (κ1) is 26.9. The van der Waals surface area contributed by atoms with Gasteiger partial charge >= 0.3 is 0 Å². The molecule has 1 amide bonds. The number of aliphatic imine (C=N–C) groups is 1. The quantitative estimate of drug-likeness (QED) is 0.329. The van der Waals surface area contributed by atoms with Crippen LogP contribution in [0.4, 0.5) is 5.69 Å². The number of fused-ring (bicyclic) bond motifs is 1. The van der Waals surface area contributed by atoms with Crippen LogP contribution in [0.25, 0.3) is 16.1 Å². The Bertz CT molecular complexity index is 1510. The van der Waals surface area contributed by atoms with Gasteiger partial charge in [0.15, 0.2) is 11.6 Å². The lowest BCUT2D eigenvalue weighted by Gasteiger charge is -2.17. The maximum Gasteiger partial charge on any atom is 0.280 e. The summed E-state index contributed by atoms with van der Waals surface area (Å²) >= 11 is 0. The zero-order valence-electron chi connectivity index (χ0n) is 23.3. The van der Waals surface area contributed by atoms with Crippen molar-refractivity contribution in [2.75, 3.05) is 0 Å². The van der Waals surface area contributed by atoms with E-state index in [0.717, 1.165) is 27.8 Å².